The average molecular weight is 368 g/mol. The summed E-state index contributed by atoms with van der Waals surface area (Å²) in [7, 11) is 0. The fourth-order valence-corrected chi connectivity index (χ4v) is 3.93. The van der Waals surface area contributed by atoms with E-state index in [1.807, 2.05) is 13.8 Å². The van der Waals surface area contributed by atoms with Crippen molar-refractivity contribution in [3.63, 3.8) is 0 Å². The van der Waals surface area contributed by atoms with Gasteiger partial charge in [-0.05, 0) is 25.0 Å². The lowest BCUT2D eigenvalue weighted by atomic mass is 9.98. The molecule has 1 aliphatic heterocycles. The van der Waals surface area contributed by atoms with Crippen LogP contribution >= 0.6 is 0 Å². The topological polar surface area (TPSA) is 126 Å². The van der Waals surface area contributed by atoms with Crippen LogP contribution in [0.2, 0.25) is 0 Å². The number of benzene rings is 3. The molecule has 1 aliphatic rings. The van der Waals surface area contributed by atoms with E-state index in [1.165, 1.54) is 18.2 Å². The number of aromatic hydroxyl groups is 5. The predicted octanol–water partition coefficient (Wildman–Crippen LogP) is 2.68. The molecule has 0 saturated heterocycles. The summed E-state index contributed by atoms with van der Waals surface area (Å²) in [5.74, 6) is -1.73. The van der Waals surface area contributed by atoms with Crippen LogP contribution in [0.4, 0.5) is 0 Å². The van der Waals surface area contributed by atoms with Crippen molar-refractivity contribution in [2.75, 3.05) is 0 Å². The van der Waals surface area contributed by atoms with Crippen LogP contribution in [-0.2, 0) is 0 Å². The van der Waals surface area contributed by atoms with Crippen LogP contribution in [0.25, 0.3) is 21.5 Å². The lowest BCUT2D eigenvalue weighted by Crippen LogP contribution is -2.22. The molecule has 0 spiro atoms. The molecule has 1 heterocycles. The highest BCUT2D eigenvalue weighted by Gasteiger charge is 2.31. The third-order valence-corrected chi connectivity index (χ3v) is 5.23. The van der Waals surface area contributed by atoms with Gasteiger partial charge in [-0.2, -0.15) is 0 Å². The monoisotopic (exact) mass is 368 g/mol. The van der Waals surface area contributed by atoms with E-state index in [0.29, 0.717) is 23.6 Å². The molecule has 0 fully saturated rings. The largest absolute Gasteiger partial charge is 0.507 e. The third-order valence-electron chi connectivity index (χ3n) is 5.23. The lowest BCUT2D eigenvalue weighted by molar-refractivity contribution is 0.394. The summed E-state index contributed by atoms with van der Waals surface area (Å²) >= 11 is 0. The maximum Gasteiger partial charge on any atom is 0.151 e. The number of hydrogen-bond acceptors (Lipinski definition) is 7. The Morgan fingerprint density at radius 3 is 1.89 bits per heavy atom. The van der Waals surface area contributed by atoms with Gasteiger partial charge in [0.1, 0.15) is 28.7 Å². The quantitative estimate of drug-likeness (QED) is 0.359. The Morgan fingerprint density at radius 2 is 1.33 bits per heavy atom. The molecule has 3 aromatic rings. The maximum absolute atomic E-state index is 10.9. The Labute approximate surface area is 154 Å². The van der Waals surface area contributed by atoms with Crippen LogP contribution in [0.3, 0.4) is 0 Å². The SMILES string of the molecule is CCCC1(CC)N=c2cc(O)c3c(O)c4c(O)ccc(O)c4c(O)c3c2=N1. The first-order chi connectivity index (χ1) is 12.8. The summed E-state index contributed by atoms with van der Waals surface area (Å²) in [6.07, 6.45) is 2.20. The van der Waals surface area contributed by atoms with Crippen molar-refractivity contribution in [3.05, 3.63) is 28.9 Å². The second-order valence-corrected chi connectivity index (χ2v) is 6.87. The van der Waals surface area contributed by atoms with Crippen LogP contribution in [0.15, 0.2) is 28.2 Å². The summed E-state index contributed by atoms with van der Waals surface area (Å²) in [5.41, 5.74) is -0.685. The van der Waals surface area contributed by atoms with Crippen molar-refractivity contribution in [2.24, 2.45) is 9.98 Å². The molecule has 5 N–H and O–H groups in total. The molecule has 0 amide bonds. The van der Waals surface area contributed by atoms with Gasteiger partial charge in [0.05, 0.1) is 32.3 Å². The van der Waals surface area contributed by atoms with Gasteiger partial charge in [0, 0.05) is 6.07 Å². The highest BCUT2D eigenvalue weighted by atomic mass is 16.3. The molecular weight excluding hydrogens is 348 g/mol. The number of phenolic OH excluding ortho intramolecular Hbond substituents is 5. The zero-order valence-electron chi connectivity index (χ0n) is 15.0. The van der Waals surface area contributed by atoms with Crippen molar-refractivity contribution >= 4 is 21.5 Å². The van der Waals surface area contributed by atoms with Gasteiger partial charge in [-0.25, -0.2) is 0 Å². The van der Waals surface area contributed by atoms with Crippen LogP contribution < -0.4 is 10.7 Å². The summed E-state index contributed by atoms with van der Waals surface area (Å²) in [5, 5.41) is 53.1. The Kier molecular flexibility index (Phi) is 3.59. The molecule has 7 nitrogen and oxygen atoms in total. The number of fused-ring (bicyclic) bond motifs is 4. The first kappa shape index (κ1) is 17.2. The third kappa shape index (κ3) is 2.21. The van der Waals surface area contributed by atoms with Gasteiger partial charge in [-0.15, -0.1) is 0 Å². The molecule has 0 aliphatic carbocycles. The maximum atomic E-state index is 10.9. The molecule has 0 radical (unpaired) electrons. The van der Waals surface area contributed by atoms with Crippen molar-refractivity contribution in [2.45, 2.75) is 38.8 Å². The number of rotatable bonds is 3. The van der Waals surface area contributed by atoms with Gasteiger partial charge in [0.25, 0.3) is 0 Å². The first-order valence-electron chi connectivity index (χ1n) is 8.87. The molecule has 0 aromatic heterocycles. The smallest absolute Gasteiger partial charge is 0.151 e. The number of hydrogen-bond donors (Lipinski definition) is 5. The van der Waals surface area contributed by atoms with Crippen LogP contribution in [0.1, 0.15) is 33.1 Å². The van der Waals surface area contributed by atoms with Crippen molar-refractivity contribution < 1.29 is 25.5 Å². The Balaban J connectivity index is 2.29. The van der Waals surface area contributed by atoms with Gasteiger partial charge in [0.15, 0.2) is 5.66 Å². The fourth-order valence-electron chi connectivity index (χ4n) is 3.93. The highest BCUT2D eigenvalue weighted by molar-refractivity contribution is 6.16. The summed E-state index contributed by atoms with van der Waals surface area (Å²) in [6.45, 7) is 3.99. The molecule has 1 atom stereocenters. The van der Waals surface area contributed by atoms with Crippen LogP contribution in [0, 0.1) is 0 Å². The van der Waals surface area contributed by atoms with E-state index in [-0.39, 0.29) is 44.5 Å². The zero-order valence-corrected chi connectivity index (χ0v) is 15.0. The normalized spacial score (nSPS) is 18.4. The van der Waals surface area contributed by atoms with Gasteiger partial charge < -0.3 is 25.5 Å². The Morgan fingerprint density at radius 1 is 0.778 bits per heavy atom. The second-order valence-electron chi connectivity index (χ2n) is 6.87. The van der Waals surface area contributed by atoms with E-state index in [9.17, 15) is 25.5 Å². The Hall–Kier alpha value is -3.22. The highest BCUT2D eigenvalue weighted by Crippen LogP contribution is 2.49. The minimum Gasteiger partial charge on any atom is -0.507 e. The van der Waals surface area contributed by atoms with Gasteiger partial charge in [0.2, 0.25) is 0 Å². The molecule has 27 heavy (non-hydrogen) atoms. The molecular formula is C20H20N2O5. The van der Waals surface area contributed by atoms with E-state index in [0.717, 1.165) is 6.42 Å². The van der Waals surface area contributed by atoms with Gasteiger partial charge >= 0.3 is 0 Å². The summed E-state index contributed by atoms with van der Waals surface area (Å²) in [6, 6.07) is 3.83. The van der Waals surface area contributed by atoms with Crippen molar-refractivity contribution in [1.29, 1.82) is 0 Å². The van der Waals surface area contributed by atoms with E-state index in [4.69, 9.17) is 4.99 Å². The molecule has 7 heteroatoms. The molecule has 1 unspecified atom stereocenters. The fraction of sp³-hybridized carbons (Fsp3) is 0.300. The molecule has 3 aromatic carbocycles. The van der Waals surface area contributed by atoms with Crippen molar-refractivity contribution in [3.8, 4) is 28.7 Å². The second kappa shape index (κ2) is 5.64. The van der Waals surface area contributed by atoms with E-state index in [1.54, 1.807) is 0 Å². The van der Waals surface area contributed by atoms with Gasteiger partial charge in [-0.1, -0.05) is 20.3 Å². The van der Waals surface area contributed by atoms with Crippen molar-refractivity contribution in [1.82, 2.24) is 0 Å². The van der Waals surface area contributed by atoms with Crippen LogP contribution in [0.5, 0.6) is 28.7 Å². The number of nitrogens with zero attached hydrogens (tertiary/aromatic N) is 2. The minimum absolute atomic E-state index is 0.0398. The van der Waals surface area contributed by atoms with Gasteiger partial charge in [-0.3, -0.25) is 9.98 Å². The zero-order chi connectivity index (χ0) is 19.5. The van der Waals surface area contributed by atoms with Crippen LogP contribution in [-0.4, -0.2) is 31.2 Å². The van der Waals surface area contributed by atoms with E-state index >= 15 is 0 Å². The molecule has 4 rings (SSSR count). The summed E-state index contributed by atoms with van der Waals surface area (Å²) in [4.78, 5) is 9.39. The predicted molar refractivity (Wildman–Crippen MR) is 100 cm³/mol. The first-order valence-corrected chi connectivity index (χ1v) is 8.87. The minimum atomic E-state index is -0.685. The number of phenols is 5. The Bertz CT molecular complexity index is 1240. The standard InChI is InChI=1S/C20H20N2O5/c1-3-7-20(4-2)21-9-8-12(25)15-16(17(9)22-20)19(27)14-11(24)6-5-10(23)13(14)18(15)26/h5-6,8,23-27H,3-4,7H2,1-2H3. The lowest BCUT2D eigenvalue weighted by Gasteiger charge is -2.20. The molecule has 0 bridgehead atoms. The summed E-state index contributed by atoms with van der Waals surface area (Å²) < 4.78 is 0. The van der Waals surface area contributed by atoms with E-state index < -0.39 is 11.4 Å². The van der Waals surface area contributed by atoms with E-state index in [2.05, 4.69) is 4.99 Å². The molecule has 140 valence electrons. The average Bonchev–Trinajstić information content (AvgIpc) is 2.99. The molecule has 0 saturated carbocycles.